The number of rotatable bonds is 1. The first kappa shape index (κ1) is 19.7. The third kappa shape index (κ3) is 3.04. The lowest BCUT2D eigenvalue weighted by molar-refractivity contribution is 0.580. The molecule has 0 N–H and O–H groups in total. The van der Waals surface area contributed by atoms with Crippen LogP contribution in [0, 0.1) is 0 Å². The van der Waals surface area contributed by atoms with E-state index in [0.29, 0.717) is 0 Å². The number of halogens is 2. The van der Waals surface area contributed by atoms with E-state index in [1.54, 1.807) is 0 Å². The van der Waals surface area contributed by atoms with Crippen molar-refractivity contribution in [2.24, 2.45) is 0 Å². The average molecular weight is 499 g/mol. The van der Waals surface area contributed by atoms with Crippen molar-refractivity contribution in [1.82, 2.24) is 0 Å². The summed E-state index contributed by atoms with van der Waals surface area (Å²) in [6.07, 6.45) is 0. The molecule has 0 fully saturated rings. The second-order valence-electron chi connectivity index (χ2n) is 9.03. The van der Waals surface area contributed by atoms with Crippen LogP contribution in [0.15, 0.2) is 69.6 Å². The van der Waals surface area contributed by atoms with E-state index in [2.05, 4.69) is 132 Å². The SMILES string of the molecule is CC(C)(C)c1ccc2c(c1)C(C)(C)c1cccc(Br)c1N2c1ccccc1Br. The number of para-hydroxylation sites is 2. The summed E-state index contributed by atoms with van der Waals surface area (Å²) < 4.78 is 2.20. The lowest BCUT2D eigenvalue weighted by atomic mass is 9.71. The van der Waals surface area contributed by atoms with Gasteiger partial charge in [-0.15, -0.1) is 0 Å². The van der Waals surface area contributed by atoms with Gasteiger partial charge in [-0.25, -0.2) is 0 Å². The van der Waals surface area contributed by atoms with Crippen LogP contribution in [0.3, 0.4) is 0 Å². The molecular formula is C25H25Br2N. The highest BCUT2D eigenvalue weighted by molar-refractivity contribution is 9.11. The maximum absolute atomic E-state index is 3.84. The van der Waals surface area contributed by atoms with Gasteiger partial charge in [0.15, 0.2) is 0 Å². The number of nitrogens with zero attached hydrogens (tertiary/aromatic N) is 1. The molecule has 1 nitrogen and oxygen atoms in total. The summed E-state index contributed by atoms with van der Waals surface area (Å²) in [5.41, 5.74) is 7.69. The summed E-state index contributed by atoms with van der Waals surface area (Å²) in [5.74, 6) is 0. The van der Waals surface area contributed by atoms with Gasteiger partial charge in [-0.2, -0.15) is 0 Å². The molecule has 0 unspecified atom stereocenters. The Morgan fingerprint density at radius 1 is 0.750 bits per heavy atom. The Balaban J connectivity index is 2.08. The van der Waals surface area contributed by atoms with Crippen LogP contribution >= 0.6 is 31.9 Å². The van der Waals surface area contributed by atoms with Crippen molar-refractivity contribution in [3.63, 3.8) is 0 Å². The zero-order valence-electron chi connectivity index (χ0n) is 17.0. The van der Waals surface area contributed by atoms with E-state index >= 15 is 0 Å². The first-order valence-corrected chi connectivity index (χ1v) is 11.2. The van der Waals surface area contributed by atoms with Gasteiger partial charge in [0.1, 0.15) is 0 Å². The Morgan fingerprint density at radius 3 is 2.11 bits per heavy atom. The molecule has 3 aromatic carbocycles. The molecule has 0 aromatic heterocycles. The van der Waals surface area contributed by atoms with E-state index in [-0.39, 0.29) is 10.8 Å². The Bertz CT molecular complexity index is 1060. The van der Waals surface area contributed by atoms with Crippen LogP contribution in [0.25, 0.3) is 0 Å². The summed E-state index contributed by atoms with van der Waals surface area (Å²) in [4.78, 5) is 2.39. The predicted molar refractivity (Wildman–Crippen MR) is 127 cm³/mol. The molecule has 28 heavy (non-hydrogen) atoms. The van der Waals surface area contributed by atoms with Crippen LogP contribution in [0.1, 0.15) is 51.3 Å². The highest BCUT2D eigenvalue weighted by Gasteiger charge is 2.39. The molecule has 0 atom stereocenters. The van der Waals surface area contributed by atoms with Crippen molar-refractivity contribution in [1.29, 1.82) is 0 Å². The molecule has 1 aliphatic heterocycles. The standard InChI is InChI=1S/C25H25Br2N/c1-24(2,3)16-13-14-21-18(15-16)25(4,5)17-9-8-11-20(27)23(17)28(21)22-12-7-6-10-19(22)26/h6-15H,1-5H3. The van der Waals surface area contributed by atoms with Crippen LogP contribution in [0.5, 0.6) is 0 Å². The van der Waals surface area contributed by atoms with E-state index in [1.165, 1.54) is 28.1 Å². The number of fused-ring (bicyclic) bond motifs is 2. The maximum Gasteiger partial charge on any atom is 0.0645 e. The zero-order valence-corrected chi connectivity index (χ0v) is 20.1. The van der Waals surface area contributed by atoms with Crippen LogP contribution in [-0.4, -0.2) is 0 Å². The molecule has 144 valence electrons. The third-order valence-corrected chi connectivity index (χ3v) is 7.06. The number of anilines is 3. The molecule has 0 bridgehead atoms. The summed E-state index contributed by atoms with van der Waals surface area (Å²) in [7, 11) is 0. The molecule has 1 heterocycles. The summed E-state index contributed by atoms with van der Waals surface area (Å²) >= 11 is 7.61. The number of hydrogen-bond acceptors (Lipinski definition) is 1. The quantitative estimate of drug-likeness (QED) is 0.324. The van der Waals surface area contributed by atoms with Crippen molar-refractivity contribution in [2.75, 3.05) is 4.90 Å². The van der Waals surface area contributed by atoms with E-state index in [0.717, 1.165) is 14.6 Å². The zero-order chi connectivity index (χ0) is 20.3. The van der Waals surface area contributed by atoms with Gasteiger partial charge in [-0.1, -0.05) is 71.0 Å². The normalized spacial score (nSPS) is 15.2. The van der Waals surface area contributed by atoms with Crippen molar-refractivity contribution in [3.05, 3.63) is 86.3 Å². The molecule has 0 amide bonds. The van der Waals surface area contributed by atoms with Gasteiger partial charge < -0.3 is 4.90 Å². The van der Waals surface area contributed by atoms with Gasteiger partial charge >= 0.3 is 0 Å². The van der Waals surface area contributed by atoms with Crippen LogP contribution in [0.2, 0.25) is 0 Å². The van der Waals surface area contributed by atoms with Crippen LogP contribution in [-0.2, 0) is 10.8 Å². The second-order valence-corrected chi connectivity index (χ2v) is 10.7. The molecule has 0 aliphatic carbocycles. The van der Waals surface area contributed by atoms with Gasteiger partial charge in [0, 0.05) is 14.4 Å². The molecule has 0 saturated heterocycles. The molecule has 0 saturated carbocycles. The number of benzene rings is 3. The molecule has 0 spiro atoms. The molecule has 3 heteroatoms. The molecule has 4 rings (SSSR count). The highest BCUT2D eigenvalue weighted by atomic mass is 79.9. The fourth-order valence-electron chi connectivity index (χ4n) is 4.09. The van der Waals surface area contributed by atoms with Crippen molar-refractivity contribution in [3.8, 4) is 0 Å². The van der Waals surface area contributed by atoms with Gasteiger partial charge in [0.2, 0.25) is 0 Å². The minimum atomic E-state index is -0.0898. The van der Waals surface area contributed by atoms with E-state index < -0.39 is 0 Å². The van der Waals surface area contributed by atoms with E-state index in [4.69, 9.17) is 0 Å². The second kappa shape index (κ2) is 6.74. The summed E-state index contributed by atoms with van der Waals surface area (Å²) in [6.45, 7) is 11.5. The predicted octanol–water partition coefficient (Wildman–Crippen LogP) is 8.62. The van der Waals surface area contributed by atoms with Gasteiger partial charge in [0.25, 0.3) is 0 Å². The molecule has 0 radical (unpaired) electrons. The van der Waals surface area contributed by atoms with Crippen LogP contribution in [0.4, 0.5) is 17.1 Å². The van der Waals surface area contributed by atoms with Gasteiger partial charge in [-0.3, -0.25) is 0 Å². The fraction of sp³-hybridized carbons (Fsp3) is 0.280. The fourth-order valence-corrected chi connectivity index (χ4v) is 5.10. The molecule has 3 aromatic rings. The lowest BCUT2D eigenvalue weighted by Gasteiger charge is -2.43. The van der Waals surface area contributed by atoms with E-state index in [1.807, 2.05) is 0 Å². The molecule has 1 aliphatic rings. The Morgan fingerprint density at radius 2 is 1.43 bits per heavy atom. The maximum atomic E-state index is 3.84. The van der Waals surface area contributed by atoms with Gasteiger partial charge in [-0.05, 0) is 78.2 Å². The van der Waals surface area contributed by atoms with Crippen LogP contribution < -0.4 is 4.90 Å². The van der Waals surface area contributed by atoms with E-state index in [9.17, 15) is 0 Å². The highest BCUT2D eigenvalue weighted by Crippen LogP contribution is 2.55. The lowest BCUT2D eigenvalue weighted by Crippen LogP contribution is -2.31. The largest absolute Gasteiger partial charge is 0.308 e. The topological polar surface area (TPSA) is 3.24 Å². The van der Waals surface area contributed by atoms with Crippen molar-refractivity contribution >= 4 is 48.9 Å². The monoisotopic (exact) mass is 497 g/mol. The molecular weight excluding hydrogens is 474 g/mol. The number of hydrogen-bond donors (Lipinski definition) is 0. The summed E-state index contributed by atoms with van der Waals surface area (Å²) in [5, 5.41) is 0. The third-order valence-electron chi connectivity index (χ3n) is 5.75. The Labute approximate surface area is 185 Å². The van der Waals surface area contributed by atoms with Gasteiger partial charge in [0.05, 0.1) is 17.1 Å². The first-order valence-electron chi connectivity index (χ1n) is 9.61. The minimum absolute atomic E-state index is 0.0898. The Kier molecular flexibility index (Phi) is 4.75. The van der Waals surface area contributed by atoms with Crippen molar-refractivity contribution < 1.29 is 0 Å². The Hall–Kier alpha value is -1.58. The summed E-state index contributed by atoms with van der Waals surface area (Å²) in [6, 6.07) is 21.9. The van der Waals surface area contributed by atoms with Crippen molar-refractivity contribution in [2.45, 2.75) is 45.4 Å². The average Bonchev–Trinajstić information content (AvgIpc) is 2.63. The first-order chi connectivity index (χ1) is 13.1. The minimum Gasteiger partial charge on any atom is -0.308 e. The smallest absolute Gasteiger partial charge is 0.0645 e.